The van der Waals surface area contributed by atoms with E-state index < -0.39 is 5.97 Å². The molecule has 1 N–H and O–H groups in total. The molecule has 0 spiro atoms. The van der Waals surface area contributed by atoms with Crippen LogP contribution in [0.25, 0.3) is 5.69 Å². The minimum atomic E-state index is -1.06. The minimum Gasteiger partial charge on any atom is -0.478 e. The highest BCUT2D eigenvalue weighted by molar-refractivity contribution is 6.32. The van der Waals surface area contributed by atoms with E-state index in [2.05, 4.69) is 10.1 Å². The van der Waals surface area contributed by atoms with Crippen molar-refractivity contribution in [1.29, 1.82) is 5.26 Å². The second-order valence-electron chi connectivity index (χ2n) is 3.10. The van der Waals surface area contributed by atoms with E-state index in [4.69, 9.17) is 22.0 Å². The summed E-state index contributed by atoms with van der Waals surface area (Å²) in [5.74, 6) is -1.04. The Balaban J connectivity index is 2.47. The first-order valence-corrected chi connectivity index (χ1v) is 4.84. The van der Waals surface area contributed by atoms with Gasteiger partial charge in [-0.3, -0.25) is 0 Å². The Hall–Kier alpha value is -2.39. The van der Waals surface area contributed by atoms with E-state index in [1.807, 2.05) is 0 Å². The number of halogens is 1. The molecular formula is C10H5ClN4O2. The molecule has 0 fully saturated rings. The van der Waals surface area contributed by atoms with Crippen molar-refractivity contribution in [2.75, 3.05) is 0 Å². The van der Waals surface area contributed by atoms with Gasteiger partial charge in [-0.05, 0) is 18.2 Å². The van der Waals surface area contributed by atoms with Crippen LogP contribution in [0.2, 0.25) is 5.02 Å². The number of aromatic nitrogens is 3. The molecule has 0 aliphatic heterocycles. The average Bonchev–Trinajstić information content (AvgIpc) is 2.77. The predicted molar refractivity (Wildman–Crippen MR) is 58.0 cm³/mol. The molecule has 0 radical (unpaired) electrons. The molecule has 1 aromatic carbocycles. The Morgan fingerprint density at radius 2 is 2.29 bits per heavy atom. The summed E-state index contributed by atoms with van der Waals surface area (Å²) < 4.78 is 1.31. The lowest BCUT2D eigenvalue weighted by Crippen LogP contribution is -2.00. The zero-order valence-electron chi connectivity index (χ0n) is 8.33. The highest BCUT2D eigenvalue weighted by Gasteiger charge is 2.09. The molecule has 84 valence electrons. The van der Waals surface area contributed by atoms with Gasteiger partial charge in [-0.2, -0.15) is 5.26 Å². The molecule has 2 rings (SSSR count). The summed E-state index contributed by atoms with van der Waals surface area (Å²) in [6.45, 7) is 0. The number of carboxylic acids is 1. The number of nitriles is 1. The van der Waals surface area contributed by atoms with Gasteiger partial charge >= 0.3 is 5.97 Å². The largest absolute Gasteiger partial charge is 0.478 e. The van der Waals surface area contributed by atoms with Gasteiger partial charge in [-0.25, -0.2) is 14.5 Å². The summed E-state index contributed by atoms with van der Waals surface area (Å²) in [5.41, 5.74) is 0.546. The van der Waals surface area contributed by atoms with E-state index in [9.17, 15) is 4.79 Å². The van der Waals surface area contributed by atoms with Crippen LogP contribution < -0.4 is 0 Å². The zero-order chi connectivity index (χ0) is 12.4. The van der Waals surface area contributed by atoms with Gasteiger partial charge < -0.3 is 5.11 Å². The Kier molecular flexibility index (Phi) is 2.77. The molecule has 6 nitrogen and oxygen atoms in total. The zero-order valence-corrected chi connectivity index (χ0v) is 9.09. The van der Waals surface area contributed by atoms with Gasteiger partial charge in [-0.15, -0.1) is 5.10 Å². The van der Waals surface area contributed by atoms with E-state index in [-0.39, 0.29) is 16.4 Å². The number of carboxylic acid groups (broad SMARTS) is 1. The third-order valence-electron chi connectivity index (χ3n) is 2.03. The molecule has 1 aromatic heterocycles. The molecule has 1 heterocycles. The first-order valence-electron chi connectivity index (χ1n) is 4.47. The van der Waals surface area contributed by atoms with Crippen molar-refractivity contribution in [2.24, 2.45) is 0 Å². The molecule has 0 saturated carbocycles. The Bertz CT molecular complexity index is 629. The van der Waals surface area contributed by atoms with E-state index in [0.29, 0.717) is 5.69 Å². The fraction of sp³-hybridized carbons (Fsp3) is 0. The van der Waals surface area contributed by atoms with Gasteiger partial charge in [0.2, 0.25) is 0 Å². The molecule has 0 saturated heterocycles. The van der Waals surface area contributed by atoms with Crippen LogP contribution in [0.3, 0.4) is 0 Å². The number of aromatic carboxylic acids is 1. The number of benzene rings is 1. The van der Waals surface area contributed by atoms with E-state index in [0.717, 1.165) is 0 Å². The fourth-order valence-corrected chi connectivity index (χ4v) is 1.52. The maximum atomic E-state index is 10.7. The molecule has 17 heavy (non-hydrogen) atoms. The maximum Gasteiger partial charge on any atom is 0.335 e. The van der Waals surface area contributed by atoms with Crippen LogP contribution in [0.15, 0.2) is 24.5 Å². The Morgan fingerprint density at radius 1 is 1.53 bits per heavy atom. The molecule has 0 amide bonds. The van der Waals surface area contributed by atoms with Gasteiger partial charge in [0.05, 0.1) is 16.3 Å². The Morgan fingerprint density at radius 3 is 2.82 bits per heavy atom. The minimum absolute atomic E-state index is 0.0170. The van der Waals surface area contributed by atoms with Crippen molar-refractivity contribution in [3.63, 3.8) is 0 Å². The topological polar surface area (TPSA) is 91.8 Å². The van der Waals surface area contributed by atoms with Crippen molar-refractivity contribution >= 4 is 17.6 Å². The van der Waals surface area contributed by atoms with Crippen LogP contribution in [0.1, 0.15) is 16.2 Å². The summed E-state index contributed by atoms with van der Waals surface area (Å²) in [5, 5.41) is 21.4. The molecule has 0 aliphatic carbocycles. The van der Waals surface area contributed by atoms with Crippen molar-refractivity contribution in [1.82, 2.24) is 14.8 Å². The maximum absolute atomic E-state index is 10.7. The van der Waals surface area contributed by atoms with Crippen LogP contribution >= 0.6 is 11.6 Å². The van der Waals surface area contributed by atoms with Crippen LogP contribution in [-0.2, 0) is 0 Å². The number of nitrogens with zero attached hydrogens (tertiary/aromatic N) is 4. The Labute approximate surface area is 101 Å². The lowest BCUT2D eigenvalue weighted by Gasteiger charge is -2.03. The van der Waals surface area contributed by atoms with Crippen LogP contribution in [0.4, 0.5) is 0 Å². The molecule has 7 heteroatoms. The SMILES string of the molecule is N#Cc1ncn(-c2ccc(C(=O)O)cc2Cl)n1. The summed E-state index contributed by atoms with van der Waals surface area (Å²) in [4.78, 5) is 14.4. The highest BCUT2D eigenvalue weighted by atomic mass is 35.5. The van der Waals surface area contributed by atoms with Crippen molar-refractivity contribution in [2.45, 2.75) is 0 Å². The second kappa shape index (κ2) is 4.23. The number of rotatable bonds is 2. The number of hydrogen-bond donors (Lipinski definition) is 1. The van der Waals surface area contributed by atoms with Gasteiger partial charge in [0, 0.05) is 0 Å². The van der Waals surface area contributed by atoms with E-state index in [1.165, 1.54) is 29.2 Å². The molecular weight excluding hydrogens is 244 g/mol. The normalized spacial score (nSPS) is 9.88. The van der Waals surface area contributed by atoms with Crippen molar-refractivity contribution < 1.29 is 9.90 Å². The summed E-state index contributed by atoms with van der Waals surface area (Å²) in [6, 6.07) is 6.00. The lowest BCUT2D eigenvalue weighted by atomic mass is 10.2. The van der Waals surface area contributed by atoms with Crippen molar-refractivity contribution in [3.8, 4) is 11.8 Å². The summed E-state index contributed by atoms with van der Waals surface area (Å²) in [6.07, 6.45) is 1.33. The molecule has 0 unspecified atom stereocenters. The smallest absolute Gasteiger partial charge is 0.335 e. The quantitative estimate of drug-likeness (QED) is 0.869. The standard InChI is InChI=1S/C10H5ClN4O2/c11-7-3-6(10(16)17)1-2-8(7)15-5-13-9(4-12)14-15/h1-3,5H,(H,16,17). The van der Waals surface area contributed by atoms with E-state index in [1.54, 1.807) is 6.07 Å². The third-order valence-corrected chi connectivity index (χ3v) is 2.34. The van der Waals surface area contributed by atoms with Crippen LogP contribution in [-0.4, -0.2) is 25.8 Å². The average molecular weight is 249 g/mol. The molecule has 2 aromatic rings. The first-order chi connectivity index (χ1) is 8.11. The van der Waals surface area contributed by atoms with Gasteiger partial charge in [0.15, 0.2) is 0 Å². The van der Waals surface area contributed by atoms with E-state index >= 15 is 0 Å². The highest BCUT2D eigenvalue weighted by Crippen LogP contribution is 2.21. The summed E-state index contributed by atoms with van der Waals surface area (Å²) in [7, 11) is 0. The van der Waals surface area contributed by atoms with Gasteiger partial charge in [0.25, 0.3) is 5.82 Å². The fourth-order valence-electron chi connectivity index (χ4n) is 1.26. The molecule has 0 aliphatic rings. The van der Waals surface area contributed by atoms with Gasteiger partial charge in [0.1, 0.15) is 12.4 Å². The summed E-state index contributed by atoms with van der Waals surface area (Å²) >= 11 is 5.93. The van der Waals surface area contributed by atoms with Crippen LogP contribution in [0, 0.1) is 11.3 Å². The lowest BCUT2D eigenvalue weighted by molar-refractivity contribution is 0.0697. The molecule has 0 bridgehead atoms. The second-order valence-corrected chi connectivity index (χ2v) is 3.50. The first kappa shape index (κ1) is 11.1. The van der Waals surface area contributed by atoms with Crippen LogP contribution in [0.5, 0.6) is 0 Å². The van der Waals surface area contributed by atoms with Crippen molar-refractivity contribution in [3.05, 3.63) is 40.9 Å². The number of hydrogen-bond acceptors (Lipinski definition) is 4. The van der Waals surface area contributed by atoms with Gasteiger partial charge in [-0.1, -0.05) is 11.6 Å². The third kappa shape index (κ3) is 2.09. The monoisotopic (exact) mass is 248 g/mol. The number of carbonyl (C=O) groups is 1. The molecule has 0 atom stereocenters. The predicted octanol–water partition coefficient (Wildman–Crippen LogP) is 1.49.